The van der Waals surface area contributed by atoms with Crippen LogP contribution in [-0.2, 0) is 4.79 Å². The van der Waals surface area contributed by atoms with Gasteiger partial charge in [0.15, 0.2) is 0 Å². The minimum atomic E-state index is -0.456. The topological polar surface area (TPSA) is 61.4 Å². The van der Waals surface area contributed by atoms with Gasteiger partial charge in [-0.25, -0.2) is 0 Å². The van der Waals surface area contributed by atoms with Crippen molar-refractivity contribution < 1.29 is 9.90 Å². The maximum absolute atomic E-state index is 11.8. The smallest absolute Gasteiger partial charge is 0.220 e. The summed E-state index contributed by atoms with van der Waals surface area (Å²) in [5.74, 6) is 0.700. The third kappa shape index (κ3) is 5.04. The second-order valence-electron chi connectivity index (χ2n) is 5.37. The van der Waals surface area contributed by atoms with E-state index in [9.17, 15) is 9.90 Å². The van der Waals surface area contributed by atoms with Gasteiger partial charge in [0, 0.05) is 6.42 Å². The van der Waals surface area contributed by atoms with Gasteiger partial charge in [-0.15, -0.1) is 0 Å². The molecule has 0 aromatic carbocycles. The molecular formula is C13H26N2O2. The van der Waals surface area contributed by atoms with Gasteiger partial charge in [0.25, 0.3) is 0 Å². The van der Waals surface area contributed by atoms with E-state index < -0.39 is 5.54 Å². The van der Waals surface area contributed by atoms with Gasteiger partial charge < -0.3 is 15.7 Å². The Morgan fingerprint density at radius 3 is 2.88 bits per heavy atom. The second-order valence-corrected chi connectivity index (χ2v) is 5.37. The van der Waals surface area contributed by atoms with Crippen LogP contribution in [0.1, 0.15) is 46.0 Å². The third-order valence-electron chi connectivity index (χ3n) is 3.75. The summed E-state index contributed by atoms with van der Waals surface area (Å²) in [6.45, 7) is 6.01. The van der Waals surface area contributed by atoms with Crippen LogP contribution < -0.4 is 10.6 Å². The molecule has 0 bridgehead atoms. The number of piperidine rings is 1. The fourth-order valence-corrected chi connectivity index (χ4v) is 2.14. The van der Waals surface area contributed by atoms with Crippen LogP contribution in [-0.4, -0.2) is 36.2 Å². The van der Waals surface area contributed by atoms with Crippen molar-refractivity contribution in [1.29, 1.82) is 0 Å². The van der Waals surface area contributed by atoms with Crippen molar-refractivity contribution in [3.63, 3.8) is 0 Å². The van der Waals surface area contributed by atoms with Crippen LogP contribution in [0.4, 0.5) is 0 Å². The predicted molar refractivity (Wildman–Crippen MR) is 68.8 cm³/mol. The first-order valence-electron chi connectivity index (χ1n) is 6.72. The number of carbonyl (C=O) groups is 1. The van der Waals surface area contributed by atoms with E-state index in [-0.39, 0.29) is 12.5 Å². The third-order valence-corrected chi connectivity index (χ3v) is 3.75. The molecule has 0 saturated carbocycles. The van der Waals surface area contributed by atoms with Gasteiger partial charge in [0.05, 0.1) is 12.1 Å². The molecule has 100 valence electrons. The summed E-state index contributed by atoms with van der Waals surface area (Å²) in [5, 5.41) is 15.5. The van der Waals surface area contributed by atoms with Crippen LogP contribution in [0.25, 0.3) is 0 Å². The summed E-state index contributed by atoms with van der Waals surface area (Å²) in [5.41, 5.74) is -0.456. The summed E-state index contributed by atoms with van der Waals surface area (Å²) < 4.78 is 0. The Labute approximate surface area is 104 Å². The molecule has 1 saturated heterocycles. The molecule has 1 fully saturated rings. The summed E-state index contributed by atoms with van der Waals surface area (Å²) in [4.78, 5) is 11.8. The Hall–Kier alpha value is -0.610. The fraction of sp³-hybridized carbons (Fsp3) is 0.923. The summed E-state index contributed by atoms with van der Waals surface area (Å²) in [7, 11) is 0. The number of hydrogen-bond donors (Lipinski definition) is 3. The molecule has 2 atom stereocenters. The van der Waals surface area contributed by atoms with E-state index in [4.69, 9.17) is 0 Å². The van der Waals surface area contributed by atoms with Crippen LogP contribution >= 0.6 is 0 Å². The quantitative estimate of drug-likeness (QED) is 0.652. The first-order chi connectivity index (χ1) is 8.09. The lowest BCUT2D eigenvalue weighted by Crippen LogP contribution is -2.48. The molecule has 0 aromatic heterocycles. The number of amides is 1. The molecular weight excluding hydrogens is 216 g/mol. The Morgan fingerprint density at radius 2 is 2.35 bits per heavy atom. The van der Waals surface area contributed by atoms with Crippen LogP contribution in [0, 0.1) is 5.92 Å². The van der Waals surface area contributed by atoms with Crippen molar-refractivity contribution >= 4 is 5.91 Å². The molecule has 1 aliphatic rings. The van der Waals surface area contributed by atoms with Crippen molar-refractivity contribution in [2.75, 3.05) is 19.7 Å². The lowest BCUT2D eigenvalue weighted by atomic mass is 9.94. The van der Waals surface area contributed by atoms with Gasteiger partial charge in [0.2, 0.25) is 5.91 Å². The molecule has 0 aliphatic carbocycles. The number of carbonyl (C=O) groups excluding carboxylic acids is 1. The largest absolute Gasteiger partial charge is 0.394 e. The zero-order valence-corrected chi connectivity index (χ0v) is 11.1. The molecule has 0 radical (unpaired) electrons. The van der Waals surface area contributed by atoms with E-state index in [1.54, 1.807) is 0 Å². The monoisotopic (exact) mass is 242 g/mol. The van der Waals surface area contributed by atoms with Gasteiger partial charge >= 0.3 is 0 Å². The fourth-order valence-electron chi connectivity index (χ4n) is 2.14. The molecule has 0 spiro atoms. The molecule has 1 amide bonds. The van der Waals surface area contributed by atoms with Gasteiger partial charge in [-0.3, -0.25) is 4.79 Å². The van der Waals surface area contributed by atoms with E-state index in [0.29, 0.717) is 12.3 Å². The highest BCUT2D eigenvalue weighted by Gasteiger charge is 2.23. The molecule has 2 unspecified atom stereocenters. The van der Waals surface area contributed by atoms with Crippen molar-refractivity contribution in [2.45, 2.75) is 51.5 Å². The number of hydrogen-bond acceptors (Lipinski definition) is 3. The molecule has 17 heavy (non-hydrogen) atoms. The van der Waals surface area contributed by atoms with Gasteiger partial charge in [0.1, 0.15) is 0 Å². The normalized spacial score (nSPS) is 24.1. The zero-order chi connectivity index (χ0) is 12.7. The number of aliphatic hydroxyl groups is 1. The SMILES string of the molecule is CCC(C)(CO)NC(=O)CCC1CCCNC1. The predicted octanol–water partition coefficient (Wildman–Crippen LogP) is 1.04. The standard InChI is InChI=1S/C13H26N2O2/c1-3-13(2,10-16)15-12(17)7-6-11-5-4-8-14-9-11/h11,14,16H,3-10H2,1-2H3,(H,15,17). The first kappa shape index (κ1) is 14.5. The molecule has 4 nitrogen and oxygen atoms in total. The Morgan fingerprint density at radius 1 is 1.59 bits per heavy atom. The van der Waals surface area contributed by atoms with E-state index in [1.165, 1.54) is 12.8 Å². The number of aliphatic hydroxyl groups excluding tert-OH is 1. The highest BCUT2D eigenvalue weighted by atomic mass is 16.3. The lowest BCUT2D eigenvalue weighted by Gasteiger charge is -2.28. The van der Waals surface area contributed by atoms with E-state index in [2.05, 4.69) is 10.6 Å². The number of nitrogens with one attached hydrogen (secondary N) is 2. The summed E-state index contributed by atoms with van der Waals surface area (Å²) >= 11 is 0. The van der Waals surface area contributed by atoms with Gasteiger partial charge in [-0.1, -0.05) is 6.92 Å². The number of rotatable bonds is 6. The Balaban J connectivity index is 2.24. The summed E-state index contributed by atoms with van der Waals surface area (Å²) in [6, 6.07) is 0. The molecule has 3 N–H and O–H groups in total. The zero-order valence-electron chi connectivity index (χ0n) is 11.1. The molecule has 4 heteroatoms. The van der Waals surface area contributed by atoms with Crippen molar-refractivity contribution in [3.8, 4) is 0 Å². The van der Waals surface area contributed by atoms with E-state index in [0.717, 1.165) is 25.9 Å². The lowest BCUT2D eigenvalue weighted by molar-refractivity contribution is -0.123. The summed E-state index contributed by atoms with van der Waals surface area (Å²) in [6.07, 6.45) is 4.72. The van der Waals surface area contributed by atoms with Crippen LogP contribution in [0.15, 0.2) is 0 Å². The minimum Gasteiger partial charge on any atom is -0.394 e. The van der Waals surface area contributed by atoms with Crippen LogP contribution in [0.3, 0.4) is 0 Å². The van der Waals surface area contributed by atoms with E-state index >= 15 is 0 Å². The first-order valence-corrected chi connectivity index (χ1v) is 6.72. The highest BCUT2D eigenvalue weighted by molar-refractivity contribution is 5.76. The molecule has 0 aromatic rings. The Kier molecular flexibility index (Phi) is 5.92. The average molecular weight is 242 g/mol. The minimum absolute atomic E-state index is 0.000222. The van der Waals surface area contributed by atoms with Crippen LogP contribution in [0.5, 0.6) is 0 Å². The molecule has 1 rings (SSSR count). The maximum Gasteiger partial charge on any atom is 0.220 e. The molecule has 1 heterocycles. The second kappa shape index (κ2) is 6.97. The maximum atomic E-state index is 11.8. The Bertz CT molecular complexity index is 234. The van der Waals surface area contributed by atoms with Gasteiger partial charge in [-0.2, -0.15) is 0 Å². The van der Waals surface area contributed by atoms with Gasteiger partial charge in [-0.05, 0) is 51.6 Å². The van der Waals surface area contributed by atoms with E-state index in [1.807, 2.05) is 13.8 Å². The van der Waals surface area contributed by atoms with Crippen molar-refractivity contribution in [2.24, 2.45) is 5.92 Å². The molecule has 1 aliphatic heterocycles. The highest BCUT2D eigenvalue weighted by Crippen LogP contribution is 2.16. The van der Waals surface area contributed by atoms with Crippen molar-refractivity contribution in [1.82, 2.24) is 10.6 Å². The average Bonchev–Trinajstić information content (AvgIpc) is 2.37. The van der Waals surface area contributed by atoms with Crippen molar-refractivity contribution in [3.05, 3.63) is 0 Å². The van der Waals surface area contributed by atoms with Crippen LogP contribution in [0.2, 0.25) is 0 Å².